The van der Waals surface area contributed by atoms with Crippen molar-refractivity contribution in [2.45, 2.75) is 16.7 Å². The highest BCUT2D eigenvalue weighted by Crippen LogP contribution is 2.28. The average Bonchev–Trinajstić information content (AvgIpc) is 2.63. The fourth-order valence-electron chi connectivity index (χ4n) is 2.44. The minimum atomic E-state index is -1.10. The molecule has 25 heavy (non-hydrogen) atoms. The van der Waals surface area contributed by atoms with Gasteiger partial charge in [0, 0.05) is 20.9 Å². The quantitative estimate of drug-likeness (QED) is 0.654. The van der Waals surface area contributed by atoms with E-state index in [1.165, 1.54) is 11.6 Å². The highest BCUT2D eigenvalue weighted by molar-refractivity contribution is 7.99. The molecule has 3 aromatic rings. The predicted octanol–water partition coefficient (Wildman–Crippen LogP) is 5.08. The molecule has 0 aliphatic rings. The summed E-state index contributed by atoms with van der Waals surface area (Å²) in [6.07, 6.45) is 0. The van der Waals surface area contributed by atoms with Crippen LogP contribution in [0.15, 0.2) is 82.6 Å². The van der Waals surface area contributed by atoms with Crippen molar-refractivity contribution in [3.63, 3.8) is 0 Å². The van der Waals surface area contributed by atoms with Crippen LogP contribution in [0, 0.1) is 6.92 Å². The zero-order valence-electron chi connectivity index (χ0n) is 13.6. The Kier molecular flexibility index (Phi) is 5.00. The van der Waals surface area contributed by atoms with Gasteiger partial charge >= 0.3 is 5.97 Å². The van der Waals surface area contributed by atoms with Gasteiger partial charge in [-0.25, -0.2) is 4.79 Å². The molecule has 0 saturated heterocycles. The molecule has 124 valence electrons. The van der Waals surface area contributed by atoms with Crippen LogP contribution in [-0.2, 0) is 0 Å². The topological polar surface area (TPSA) is 54.4 Å². The van der Waals surface area contributed by atoms with Gasteiger partial charge in [-0.05, 0) is 49.4 Å². The molecule has 0 heterocycles. The average molecular weight is 348 g/mol. The van der Waals surface area contributed by atoms with Crippen LogP contribution >= 0.6 is 11.8 Å². The van der Waals surface area contributed by atoms with Crippen molar-refractivity contribution < 1.29 is 14.7 Å². The molecule has 0 aliphatic carbocycles. The zero-order chi connectivity index (χ0) is 17.8. The van der Waals surface area contributed by atoms with E-state index in [1.807, 2.05) is 19.1 Å². The molecule has 0 saturated carbocycles. The van der Waals surface area contributed by atoms with Gasteiger partial charge in [-0.1, -0.05) is 47.7 Å². The van der Waals surface area contributed by atoms with E-state index in [-0.39, 0.29) is 16.9 Å². The van der Waals surface area contributed by atoms with Crippen LogP contribution in [0.4, 0.5) is 0 Å². The van der Waals surface area contributed by atoms with Crippen LogP contribution in [0.5, 0.6) is 0 Å². The predicted molar refractivity (Wildman–Crippen MR) is 98.6 cm³/mol. The number of ketones is 1. The summed E-state index contributed by atoms with van der Waals surface area (Å²) in [5.41, 5.74) is 1.91. The summed E-state index contributed by atoms with van der Waals surface area (Å²) < 4.78 is 0. The van der Waals surface area contributed by atoms with Crippen molar-refractivity contribution in [3.05, 3.63) is 95.1 Å². The number of hydrogen-bond donors (Lipinski definition) is 1. The maximum absolute atomic E-state index is 12.6. The van der Waals surface area contributed by atoms with E-state index in [4.69, 9.17) is 0 Å². The SMILES string of the molecule is Cc1ccc(Sc2ccc(C(=O)c3ccccc3C(=O)O)cc2)cc1. The number of carboxylic acid groups (broad SMARTS) is 1. The van der Waals surface area contributed by atoms with Gasteiger partial charge in [0.1, 0.15) is 0 Å². The molecule has 4 heteroatoms. The van der Waals surface area contributed by atoms with Crippen molar-refractivity contribution in [3.8, 4) is 0 Å². The Labute approximate surface area is 150 Å². The molecule has 3 nitrogen and oxygen atoms in total. The number of rotatable bonds is 5. The van der Waals surface area contributed by atoms with Crippen LogP contribution in [0.3, 0.4) is 0 Å². The molecule has 0 aromatic heterocycles. The van der Waals surface area contributed by atoms with E-state index in [0.29, 0.717) is 5.56 Å². The lowest BCUT2D eigenvalue weighted by Crippen LogP contribution is -2.09. The van der Waals surface area contributed by atoms with Crippen LogP contribution in [0.1, 0.15) is 31.8 Å². The molecule has 3 rings (SSSR count). The molecule has 0 radical (unpaired) electrons. The summed E-state index contributed by atoms with van der Waals surface area (Å²) in [5.74, 6) is -1.39. The molecule has 3 aromatic carbocycles. The van der Waals surface area contributed by atoms with Gasteiger partial charge in [0.2, 0.25) is 0 Å². The molecular formula is C21H16O3S. The van der Waals surface area contributed by atoms with Crippen LogP contribution in [-0.4, -0.2) is 16.9 Å². The van der Waals surface area contributed by atoms with Crippen LogP contribution in [0.25, 0.3) is 0 Å². The first kappa shape index (κ1) is 17.0. The van der Waals surface area contributed by atoms with Crippen molar-refractivity contribution >= 4 is 23.5 Å². The molecular weight excluding hydrogens is 332 g/mol. The number of benzene rings is 3. The number of aromatic carboxylic acids is 1. The summed E-state index contributed by atoms with van der Waals surface area (Å²) >= 11 is 1.62. The first-order valence-electron chi connectivity index (χ1n) is 7.76. The molecule has 0 aliphatic heterocycles. The Morgan fingerprint density at radius 1 is 0.760 bits per heavy atom. The Hall–Kier alpha value is -2.85. The van der Waals surface area contributed by atoms with Crippen molar-refractivity contribution in [2.24, 2.45) is 0 Å². The molecule has 0 atom stereocenters. The van der Waals surface area contributed by atoms with Gasteiger partial charge in [-0.2, -0.15) is 0 Å². The number of hydrogen-bond acceptors (Lipinski definition) is 3. The fraction of sp³-hybridized carbons (Fsp3) is 0.0476. The molecule has 0 unspecified atom stereocenters. The van der Waals surface area contributed by atoms with E-state index < -0.39 is 5.97 Å². The Morgan fingerprint density at radius 3 is 1.84 bits per heavy atom. The highest BCUT2D eigenvalue weighted by atomic mass is 32.2. The second-order valence-corrected chi connectivity index (χ2v) is 6.77. The summed E-state index contributed by atoms with van der Waals surface area (Å²) in [7, 11) is 0. The van der Waals surface area contributed by atoms with Gasteiger partial charge in [-0.15, -0.1) is 0 Å². The third kappa shape index (κ3) is 3.98. The lowest BCUT2D eigenvalue weighted by molar-refractivity contribution is 0.0693. The van der Waals surface area contributed by atoms with Crippen molar-refractivity contribution in [1.82, 2.24) is 0 Å². The Balaban J connectivity index is 1.81. The molecule has 0 bridgehead atoms. The zero-order valence-corrected chi connectivity index (χ0v) is 14.4. The smallest absolute Gasteiger partial charge is 0.336 e. The summed E-state index contributed by atoms with van der Waals surface area (Å²) in [4.78, 5) is 26.0. The molecule has 0 spiro atoms. The van der Waals surface area contributed by atoms with Gasteiger partial charge in [-0.3, -0.25) is 4.79 Å². The minimum absolute atomic E-state index is 0.0191. The van der Waals surface area contributed by atoms with Crippen molar-refractivity contribution in [2.75, 3.05) is 0 Å². The van der Waals surface area contributed by atoms with E-state index in [9.17, 15) is 14.7 Å². The first-order valence-corrected chi connectivity index (χ1v) is 8.58. The lowest BCUT2D eigenvalue weighted by atomic mass is 9.98. The van der Waals surface area contributed by atoms with E-state index >= 15 is 0 Å². The van der Waals surface area contributed by atoms with Crippen LogP contribution < -0.4 is 0 Å². The highest BCUT2D eigenvalue weighted by Gasteiger charge is 2.17. The number of carbonyl (C=O) groups excluding carboxylic acids is 1. The number of carbonyl (C=O) groups is 2. The Morgan fingerprint density at radius 2 is 1.28 bits per heavy atom. The third-order valence-corrected chi connectivity index (χ3v) is 4.79. The molecule has 0 fully saturated rings. The first-order chi connectivity index (χ1) is 12.0. The largest absolute Gasteiger partial charge is 0.478 e. The maximum Gasteiger partial charge on any atom is 0.336 e. The van der Waals surface area contributed by atoms with Gasteiger partial charge in [0.25, 0.3) is 0 Å². The van der Waals surface area contributed by atoms with Crippen molar-refractivity contribution in [1.29, 1.82) is 0 Å². The van der Waals surface area contributed by atoms with Gasteiger partial charge in [0.15, 0.2) is 5.78 Å². The van der Waals surface area contributed by atoms with Crippen LogP contribution in [0.2, 0.25) is 0 Å². The fourth-order valence-corrected chi connectivity index (χ4v) is 3.26. The minimum Gasteiger partial charge on any atom is -0.478 e. The second-order valence-electron chi connectivity index (χ2n) is 5.62. The summed E-state index contributed by atoms with van der Waals surface area (Å²) in [6, 6.07) is 21.7. The number of aryl methyl sites for hydroxylation is 1. The van der Waals surface area contributed by atoms with E-state index in [2.05, 4.69) is 24.3 Å². The van der Waals surface area contributed by atoms with Gasteiger partial charge in [0.05, 0.1) is 5.56 Å². The van der Waals surface area contributed by atoms with Gasteiger partial charge < -0.3 is 5.11 Å². The Bertz CT molecular complexity index is 913. The number of carboxylic acids is 1. The van der Waals surface area contributed by atoms with E-state index in [1.54, 1.807) is 42.1 Å². The lowest BCUT2D eigenvalue weighted by Gasteiger charge is -2.07. The summed E-state index contributed by atoms with van der Waals surface area (Å²) in [5, 5.41) is 9.23. The standard InChI is InChI=1S/C21H16O3S/c1-14-6-10-16(11-7-14)25-17-12-8-15(9-13-17)20(22)18-4-2-3-5-19(18)21(23)24/h2-13H,1H3,(H,23,24). The van der Waals surface area contributed by atoms with E-state index in [0.717, 1.165) is 9.79 Å². The normalized spacial score (nSPS) is 10.4. The molecule has 0 amide bonds. The maximum atomic E-state index is 12.6. The summed E-state index contributed by atoms with van der Waals surface area (Å²) in [6.45, 7) is 2.05. The third-order valence-electron chi connectivity index (χ3n) is 3.78. The monoisotopic (exact) mass is 348 g/mol. The second kappa shape index (κ2) is 7.36. The molecule has 1 N–H and O–H groups in total.